The van der Waals surface area contributed by atoms with Gasteiger partial charge in [0.25, 0.3) is 5.91 Å². The van der Waals surface area contributed by atoms with Crippen LogP contribution < -0.4 is 10.2 Å². The summed E-state index contributed by atoms with van der Waals surface area (Å²) in [6.45, 7) is 4.87. The molecular formula is C27H25F3N4O4. The predicted octanol–water partition coefficient (Wildman–Crippen LogP) is 5.57. The molecule has 0 bridgehead atoms. The summed E-state index contributed by atoms with van der Waals surface area (Å²) in [6.07, 6.45) is -1.71. The molecule has 4 heterocycles. The van der Waals surface area contributed by atoms with Crippen LogP contribution in [0.2, 0.25) is 0 Å². The number of rotatable bonds is 4. The second-order valence-corrected chi connectivity index (χ2v) is 9.16. The lowest BCUT2D eigenvalue weighted by Crippen LogP contribution is -2.36. The Morgan fingerprint density at radius 1 is 1.18 bits per heavy atom. The van der Waals surface area contributed by atoms with E-state index in [9.17, 15) is 22.8 Å². The van der Waals surface area contributed by atoms with Gasteiger partial charge in [-0.25, -0.2) is 9.78 Å². The van der Waals surface area contributed by atoms with E-state index >= 15 is 0 Å². The van der Waals surface area contributed by atoms with Gasteiger partial charge in [-0.2, -0.15) is 13.2 Å². The van der Waals surface area contributed by atoms with Crippen molar-refractivity contribution in [2.45, 2.75) is 38.5 Å². The normalized spacial score (nSPS) is 19.2. The highest BCUT2D eigenvalue weighted by molar-refractivity contribution is 6.04. The molecule has 2 aliphatic heterocycles. The number of benzene rings is 1. The topological polar surface area (TPSA) is 93.7 Å². The van der Waals surface area contributed by atoms with Gasteiger partial charge in [0, 0.05) is 53.2 Å². The number of carbonyl (C=O) groups is 2. The van der Waals surface area contributed by atoms with Crippen molar-refractivity contribution in [1.82, 2.24) is 9.97 Å². The standard InChI is InChI=1S/C27H25F3N4O4/c1-3-34-24-22(20-7-8-37-14-23(20)38-26(34)36)10-17(12-32-24)21-11-19(13-31-15(21)2)33-25(35)16-5-4-6-18(9-16)27(28,29)30/h4-6,9-13,20,23H,3,7-8,14H2,1-2H3,(H,33,35)/t20-,23-/m1/s1. The Bertz CT molecular complexity index is 1390. The van der Waals surface area contributed by atoms with Crippen molar-refractivity contribution in [2.75, 3.05) is 30.0 Å². The summed E-state index contributed by atoms with van der Waals surface area (Å²) in [5.74, 6) is -0.244. The predicted molar refractivity (Wildman–Crippen MR) is 133 cm³/mol. The molecule has 2 atom stereocenters. The fourth-order valence-electron chi connectivity index (χ4n) is 4.80. The fourth-order valence-corrected chi connectivity index (χ4v) is 4.80. The third kappa shape index (κ3) is 4.93. The molecule has 3 aromatic rings. The highest BCUT2D eigenvalue weighted by Gasteiger charge is 2.39. The summed E-state index contributed by atoms with van der Waals surface area (Å²) in [4.78, 5) is 35.9. The minimum atomic E-state index is -4.56. The van der Waals surface area contributed by atoms with Gasteiger partial charge in [0.2, 0.25) is 0 Å². The first-order valence-corrected chi connectivity index (χ1v) is 12.2. The molecule has 1 aromatic carbocycles. The van der Waals surface area contributed by atoms with Gasteiger partial charge in [0.1, 0.15) is 11.9 Å². The molecule has 0 spiro atoms. The molecule has 1 fully saturated rings. The molecule has 1 N–H and O–H groups in total. The lowest BCUT2D eigenvalue weighted by Gasteiger charge is -2.29. The third-order valence-electron chi connectivity index (χ3n) is 6.75. The third-order valence-corrected chi connectivity index (χ3v) is 6.75. The number of aromatic nitrogens is 2. The number of nitrogens with zero attached hydrogens (tertiary/aromatic N) is 3. The van der Waals surface area contributed by atoms with Crippen LogP contribution in [-0.2, 0) is 15.7 Å². The van der Waals surface area contributed by atoms with Crippen molar-refractivity contribution in [1.29, 1.82) is 0 Å². The van der Waals surface area contributed by atoms with E-state index in [2.05, 4.69) is 15.3 Å². The fraction of sp³-hybridized carbons (Fsp3) is 0.333. The minimum Gasteiger partial charge on any atom is -0.443 e. The summed E-state index contributed by atoms with van der Waals surface area (Å²) in [7, 11) is 0. The number of hydrogen-bond donors (Lipinski definition) is 1. The number of hydrogen-bond acceptors (Lipinski definition) is 6. The Labute approximate surface area is 216 Å². The second kappa shape index (κ2) is 10.1. The summed E-state index contributed by atoms with van der Waals surface area (Å²) < 4.78 is 50.5. The Kier molecular flexibility index (Phi) is 6.78. The molecule has 2 aliphatic rings. The van der Waals surface area contributed by atoms with E-state index < -0.39 is 29.8 Å². The maximum Gasteiger partial charge on any atom is 0.416 e. The van der Waals surface area contributed by atoms with Crippen LogP contribution in [0.15, 0.2) is 48.8 Å². The molecule has 38 heavy (non-hydrogen) atoms. The van der Waals surface area contributed by atoms with Crippen LogP contribution in [0.25, 0.3) is 11.1 Å². The molecule has 2 amide bonds. The van der Waals surface area contributed by atoms with E-state index in [1.165, 1.54) is 23.2 Å². The highest BCUT2D eigenvalue weighted by Crippen LogP contribution is 2.40. The van der Waals surface area contributed by atoms with E-state index in [-0.39, 0.29) is 11.5 Å². The molecule has 198 valence electrons. The van der Waals surface area contributed by atoms with E-state index in [1.54, 1.807) is 12.3 Å². The van der Waals surface area contributed by atoms with Crippen molar-refractivity contribution in [3.63, 3.8) is 0 Å². The van der Waals surface area contributed by atoms with Gasteiger partial charge in [-0.1, -0.05) is 6.07 Å². The van der Waals surface area contributed by atoms with Crippen LogP contribution in [0.3, 0.4) is 0 Å². The Balaban J connectivity index is 1.48. The molecule has 0 radical (unpaired) electrons. The van der Waals surface area contributed by atoms with Crippen molar-refractivity contribution in [3.05, 3.63) is 71.2 Å². The van der Waals surface area contributed by atoms with Gasteiger partial charge < -0.3 is 14.8 Å². The summed E-state index contributed by atoms with van der Waals surface area (Å²) in [6, 6.07) is 7.88. The first kappa shape index (κ1) is 25.7. The van der Waals surface area contributed by atoms with Gasteiger partial charge in [-0.3, -0.25) is 14.7 Å². The molecule has 11 heteroatoms. The summed E-state index contributed by atoms with van der Waals surface area (Å²) in [5.41, 5.74) is 2.23. The maximum absolute atomic E-state index is 13.1. The largest absolute Gasteiger partial charge is 0.443 e. The average molecular weight is 527 g/mol. The molecule has 0 aliphatic carbocycles. The van der Waals surface area contributed by atoms with Crippen LogP contribution in [-0.4, -0.2) is 47.8 Å². The number of pyridine rings is 2. The number of aryl methyl sites for hydroxylation is 1. The number of alkyl halides is 3. The number of ether oxygens (including phenoxy) is 2. The van der Waals surface area contributed by atoms with E-state index in [0.717, 1.165) is 23.3 Å². The van der Waals surface area contributed by atoms with Gasteiger partial charge >= 0.3 is 12.3 Å². The van der Waals surface area contributed by atoms with Crippen molar-refractivity contribution in [2.24, 2.45) is 0 Å². The number of carbonyl (C=O) groups excluding carboxylic acids is 2. The molecule has 0 saturated carbocycles. The highest BCUT2D eigenvalue weighted by atomic mass is 19.4. The van der Waals surface area contributed by atoms with Crippen LogP contribution in [0, 0.1) is 6.92 Å². The zero-order chi connectivity index (χ0) is 27.0. The van der Waals surface area contributed by atoms with Crippen LogP contribution in [0.5, 0.6) is 0 Å². The molecule has 0 unspecified atom stereocenters. The zero-order valence-electron chi connectivity index (χ0n) is 20.7. The van der Waals surface area contributed by atoms with Gasteiger partial charge in [0.05, 0.1) is 24.1 Å². The van der Waals surface area contributed by atoms with Crippen molar-refractivity contribution >= 4 is 23.5 Å². The molecule has 5 rings (SSSR count). The van der Waals surface area contributed by atoms with Crippen molar-refractivity contribution in [3.8, 4) is 11.1 Å². The van der Waals surface area contributed by atoms with Crippen molar-refractivity contribution < 1.29 is 32.2 Å². The smallest absolute Gasteiger partial charge is 0.416 e. The van der Waals surface area contributed by atoms with Gasteiger partial charge in [-0.05, 0) is 50.6 Å². The summed E-state index contributed by atoms with van der Waals surface area (Å²) in [5, 5.41) is 2.64. The van der Waals surface area contributed by atoms with E-state index in [0.29, 0.717) is 48.9 Å². The van der Waals surface area contributed by atoms with Crippen LogP contribution >= 0.6 is 0 Å². The Morgan fingerprint density at radius 2 is 2.00 bits per heavy atom. The number of anilines is 2. The zero-order valence-corrected chi connectivity index (χ0v) is 20.7. The number of nitrogens with one attached hydrogen (secondary N) is 1. The first-order valence-electron chi connectivity index (χ1n) is 12.2. The lowest BCUT2D eigenvalue weighted by atomic mass is 9.88. The Hall–Kier alpha value is -3.99. The quantitative estimate of drug-likeness (QED) is 0.478. The SMILES string of the molecule is CCN1C(=O)O[C@@H]2COCC[C@@H]2c2cc(-c3cc(NC(=O)c4cccc(C(F)(F)F)c4)cnc3C)cnc21. The minimum absolute atomic E-state index is 0.0937. The maximum atomic E-state index is 13.1. The molecular weight excluding hydrogens is 501 g/mol. The van der Waals surface area contributed by atoms with Gasteiger partial charge in [-0.15, -0.1) is 0 Å². The molecule has 1 saturated heterocycles. The Morgan fingerprint density at radius 3 is 2.76 bits per heavy atom. The average Bonchev–Trinajstić information content (AvgIpc) is 3.02. The monoisotopic (exact) mass is 526 g/mol. The van der Waals surface area contributed by atoms with Gasteiger partial charge in [0.15, 0.2) is 0 Å². The van der Waals surface area contributed by atoms with Crippen LogP contribution in [0.1, 0.15) is 46.4 Å². The number of fused-ring (bicyclic) bond motifs is 3. The summed E-state index contributed by atoms with van der Waals surface area (Å²) >= 11 is 0. The molecule has 2 aromatic heterocycles. The molecule has 8 nitrogen and oxygen atoms in total. The van der Waals surface area contributed by atoms with Crippen LogP contribution in [0.4, 0.5) is 29.5 Å². The lowest BCUT2D eigenvalue weighted by molar-refractivity contribution is -0.137. The van der Waals surface area contributed by atoms with E-state index in [1.807, 2.05) is 19.9 Å². The number of amides is 2. The number of halogens is 3. The first-order chi connectivity index (χ1) is 18.2. The second-order valence-electron chi connectivity index (χ2n) is 9.16. The van der Waals surface area contributed by atoms with E-state index in [4.69, 9.17) is 9.47 Å².